The van der Waals surface area contributed by atoms with Gasteiger partial charge in [0, 0.05) is 0 Å². The SMILES string of the molecule is N#CC(C#N)(C#N)C(=O)Cl. The lowest BCUT2D eigenvalue weighted by Gasteiger charge is -1.97. The van der Waals surface area contributed by atoms with Crippen LogP contribution in [0.2, 0.25) is 0 Å². The van der Waals surface area contributed by atoms with Crippen molar-refractivity contribution in [2.24, 2.45) is 5.41 Å². The summed E-state index contributed by atoms with van der Waals surface area (Å²) < 4.78 is 0. The van der Waals surface area contributed by atoms with Crippen LogP contribution < -0.4 is 0 Å². The fourth-order valence-corrected chi connectivity index (χ4v) is 0.334. The molecule has 4 nitrogen and oxygen atoms in total. The van der Waals surface area contributed by atoms with Crippen molar-refractivity contribution >= 4 is 16.8 Å². The van der Waals surface area contributed by atoms with E-state index in [9.17, 15) is 4.79 Å². The Morgan fingerprint density at radius 1 is 1.20 bits per heavy atom. The zero-order valence-electron chi connectivity index (χ0n) is 4.63. The van der Waals surface area contributed by atoms with E-state index in [1.54, 1.807) is 0 Å². The maximum absolute atomic E-state index is 10.3. The first kappa shape index (κ1) is 8.43. The monoisotopic (exact) mass is 153 g/mol. The smallest absolute Gasteiger partial charge is 0.277 e. The molecule has 0 aliphatic rings. The Balaban J connectivity index is 5.00. The lowest BCUT2D eigenvalue weighted by atomic mass is 9.97. The molecule has 0 rings (SSSR count). The van der Waals surface area contributed by atoms with Gasteiger partial charge in [-0.2, -0.15) is 15.8 Å². The van der Waals surface area contributed by atoms with Crippen molar-refractivity contribution in [1.82, 2.24) is 0 Å². The second-order valence-electron chi connectivity index (χ2n) is 1.36. The van der Waals surface area contributed by atoms with Gasteiger partial charge in [-0.3, -0.25) is 4.79 Å². The molecule has 10 heavy (non-hydrogen) atoms. The topological polar surface area (TPSA) is 88.4 Å². The van der Waals surface area contributed by atoms with Gasteiger partial charge in [-0.1, -0.05) is 0 Å². The van der Waals surface area contributed by atoms with Gasteiger partial charge in [0.05, 0.1) is 0 Å². The number of carbonyl (C=O) groups excluding carboxylic acids is 1. The molecular formula is C5ClN3O. The third-order valence-electron chi connectivity index (χ3n) is 0.798. The molecular weight excluding hydrogens is 154 g/mol. The molecule has 0 saturated carbocycles. The molecule has 0 aliphatic heterocycles. The second kappa shape index (κ2) is 2.82. The number of halogens is 1. The van der Waals surface area contributed by atoms with E-state index in [2.05, 4.69) is 0 Å². The van der Waals surface area contributed by atoms with Crippen LogP contribution in [-0.2, 0) is 4.79 Å². The van der Waals surface area contributed by atoms with Gasteiger partial charge in [0.1, 0.15) is 18.2 Å². The summed E-state index contributed by atoms with van der Waals surface area (Å²) in [5.74, 6) is 0. The average Bonchev–Trinajstić information content (AvgIpc) is 1.92. The molecule has 0 aromatic carbocycles. The van der Waals surface area contributed by atoms with Gasteiger partial charge in [0.2, 0.25) is 0 Å². The molecule has 0 bridgehead atoms. The standard InChI is InChI=1S/C5ClN3O/c6-4(10)5(1-7,2-8)3-9. The van der Waals surface area contributed by atoms with Gasteiger partial charge < -0.3 is 0 Å². The molecule has 0 N–H and O–H groups in total. The van der Waals surface area contributed by atoms with Crippen molar-refractivity contribution in [1.29, 1.82) is 15.8 Å². The number of rotatable bonds is 1. The largest absolute Gasteiger partial charge is 0.300 e. The van der Waals surface area contributed by atoms with Crippen molar-refractivity contribution in [3.8, 4) is 18.2 Å². The first-order chi connectivity index (χ1) is 4.63. The van der Waals surface area contributed by atoms with E-state index in [-0.39, 0.29) is 0 Å². The summed E-state index contributed by atoms with van der Waals surface area (Å²) in [4.78, 5) is 10.3. The van der Waals surface area contributed by atoms with Crippen LogP contribution >= 0.6 is 11.6 Å². The van der Waals surface area contributed by atoms with Gasteiger partial charge in [-0.05, 0) is 11.6 Å². The summed E-state index contributed by atoms with van der Waals surface area (Å²) in [7, 11) is 0. The fourth-order valence-electron chi connectivity index (χ4n) is 0.207. The van der Waals surface area contributed by atoms with E-state index in [1.807, 2.05) is 0 Å². The molecule has 0 aromatic heterocycles. The van der Waals surface area contributed by atoms with Gasteiger partial charge in [-0.25, -0.2) is 0 Å². The zero-order valence-corrected chi connectivity index (χ0v) is 5.38. The van der Waals surface area contributed by atoms with E-state index in [0.717, 1.165) is 0 Å². The van der Waals surface area contributed by atoms with Crippen LogP contribution in [0.4, 0.5) is 0 Å². The molecule has 0 unspecified atom stereocenters. The van der Waals surface area contributed by atoms with Gasteiger partial charge in [0.15, 0.2) is 0 Å². The molecule has 5 heteroatoms. The molecule has 0 aromatic rings. The lowest BCUT2D eigenvalue weighted by molar-refractivity contribution is -0.114. The number of hydrogen-bond donors (Lipinski definition) is 0. The third kappa shape index (κ3) is 1.05. The van der Waals surface area contributed by atoms with Crippen molar-refractivity contribution < 1.29 is 4.79 Å². The Hall–Kier alpha value is -1.57. The minimum atomic E-state index is -2.33. The maximum atomic E-state index is 10.3. The van der Waals surface area contributed by atoms with Crippen molar-refractivity contribution in [3.63, 3.8) is 0 Å². The first-order valence-electron chi connectivity index (χ1n) is 2.06. The van der Waals surface area contributed by atoms with Crippen LogP contribution in [0.5, 0.6) is 0 Å². The minimum Gasteiger partial charge on any atom is -0.277 e. The number of carbonyl (C=O) groups is 1. The maximum Gasteiger partial charge on any atom is 0.300 e. The number of hydrogen-bond acceptors (Lipinski definition) is 4. The molecule has 0 fully saturated rings. The Morgan fingerprint density at radius 2 is 1.50 bits per heavy atom. The van der Waals surface area contributed by atoms with Crippen LogP contribution in [0.15, 0.2) is 0 Å². The molecule has 0 radical (unpaired) electrons. The van der Waals surface area contributed by atoms with E-state index in [0.29, 0.717) is 0 Å². The quantitative estimate of drug-likeness (QED) is 0.507. The Labute approximate surface area is 61.8 Å². The molecule has 0 atom stereocenters. The molecule has 0 aliphatic carbocycles. The summed E-state index contributed by atoms with van der Waals surface area (Å²) in [5.41, 5.74) is -2.33. The number of nitrogens with zero attached hydrogens (tertiary/aromatic N) is 3. The van der Waals surface area contributed by atoms with Gasteiger partial charge in [0.25, 0.3) is 5.24 Å². The van der Waals surface area contributed by atoms with Crippen molar-refractivity contribution in [2.45, 2.75) is 0 Å². The highest BCUT2D eigenvalue weighted by Crippen LogP contribution is 2.16. The van der Waals surface area contributed by atoms with E-state index >= 15 is 0 Å². The Morgan fingerprint density at radius 3 is 1.50 bits per heavy atom. The number of nitriles is 3. The van der Waals surface area contributed by atoms with E-state index in [4.69, 9.17) is 27.4 Å². The average molecular weight is 154 g/mol. The van der Waals surface area contributed by atoms with Crippen molar-refractivity contribution in [3.05, 3.63) is 0 Å². The Bertz CT molecular complexity index is 241. The molecule has 0 amide bonds. The van der Waals surface area contributed by atoms with Gasteiger partial charge in [-0.15, -0.1) is 0 Å². The normalized spacial score (nSPS) is 8.60. The lowest BCUT2D eigenvalue weighted by Crippen LogP contribution is -2.20. The van der Waals surface area contributed by atoms with Crippen LogP contribution in [0.3, 0.4) is 0 Å². The predicted molar refractivity (Wildman–Crippen MR) is 30.1 cm³/mol. The molecule has 48 valence electrons. The summed E-state index contributed by atoms with van der Waals surface area (Å²) in [6.07, 6.45) is 0. The summed E-state index contributed by atoms with van der Waals surface area (Å²) >= 11 is 4.79. The van der Waals surface area contributed by atoms with Gasteiger partial charge >= 0.3 is 5.41 Å². The van der Waals surface area contributed by atoms with Crippen molar-refractivity contribution in [2.75, 3.05) is 0 Å². The van der Waals surface area contributed by atoms with Crippen LogP contribution in [-0.4, -0.2) is 5.24 Å². The van der Waals surface area contributed by atoms with Crippen LogP contribution in [0, 0.1) is 39.4 Å². The predicted octanol–water partition coefficient (Wildman–Crippen LogP) is 0.309. The highest BCUT2D eigenvalue weighted by molar-refractivity contribution is 6.65. The van der Waals surface area contributed by atoms with E-state index in [1.165, 1.54) is 18.2 Å². The van der Waals surface area contributed by atoms with Crippen LogP contribution in [0.1, 0.15) is 0 Å². The highest BCUT2D eigenvalue weighted by atomic mass is 35.5. The fraction of sp³-hybridized carbons (Fsp3) is 0.200. The Kier molecular flexibility index (Phi) is 2.38. The minimum absolute atomic E-state index is 1.21. The first-order valence-corrected chi connectivity index (χ1v) is 2.44. The summed E-state index contributed by atoms with van der Waals surface area (Å²) in [6, 6.07) is 3.63. The second-order valence-corrected chi connectivity index (χ2v) is 1.70. The molecule has 0 spiro atoms. The van der Waals surface area contributed by atoms with E-state index < -0.39 is 10.7 Å². The molecule has 0 saturated heterocycles. The zero-order chi connectivity index (χ0) is 8.20. The van der Waals surface area contributed by atoms with Crippen LogP contribution in [0.25, 0.3) is 0 Å². The summed E-state index contributed by atoms with van der Waals surface area (Å²) in [5, 5.41) is 23.2. The summed E-state index contributed by atoms with van der Waals surface area (Å²) in [6.45, 7) is 0. The third-order valence-corrected chi connectivity index (χ3v) is 1.08. The highest BCUT2D eigenvalue weighted by Gasteiger charge is 2.38. The molecule has 0 heterocycles.